The Bertz CT molecular complexity index is 1220. The van der Waals surface area contributed by atoms with E-state index in [9.17, 15) is 18.0 Å². The summed E-state index contributed by atoms with van der Waals surface area (Å²) >= 11 is 3.35. The highest BCUT2D eigenvalue weighted by atomic mass is 79.9. The van der Waals surface area contributed by atoms with Gasteiger partial charge in [-0.05, 0) is 48.9 Å². The number of nitrogens with zero attached hydrogens (tertiary/aromatic N) is 4. The number of furan rings is 1. The monoisotopic (exact) mass is 465 g/mol. The smallest absolute Gasteiger partial charge is 0.433 e. The fraction of sp³-hybridized carbons (Fsp3) is 0.111. The summed E-state index contributed by atoms with van der Waals surface area (Å²) in [4.78, 5) is 20.4. The van der Waals surface area contributed by atoms with E-state index in [0.29, 0.717) is 10.2 Å². The van der Waals surface area contributed by atoms with Crippen LogP contribution in [0.25, 0.3) is 17.2 Å². The molecule has 0 unspecified atom stereocenters. The van der Waals surface area contributed by atoms with Crippen LogP contribution in [0.5, 0.6) is 0 Å². The average molecular weight is 466 g/mol. The molecule has 0 spiro atoms. The number of benzene rings is 1. The zero-order valence-electron chi connectivity index (χ0n) is 14.7. The normalized spacial score (nSPS) is 11.8. The molecule has 7 nitrogen and oxygen atoms in total. The molecule has 1 aromatic carbocycles. The van der Waals surface area contributed by atoms with Gasteiger partial charge >= 0.3 is 6.18 Å². The molecule has 0 atom stereocenters. The van der Waals surface area contributed by atoms with Crippen molar-refractivity contribution in [1.29, 1.82) is 0 Å². The lowest BCUT2D eigenvalue weighted by molar-refractivity contribution is -0.142. The number of amides is 1. The zero-order chi connectivity index (χ0) is 20.8. The van der Waals surface area contributed by atoms with Gasteiger partial charge in [0.15, 0.2) is 11.5 Å². The maximum atomic E-state index is 13.5. The van der Waals surface area contributed by atoms with Gasteiger partial charge in [0.1, 0.15) is 5.69 Å². The Balaban J connectivity index is 1.76. The lowest BCUT2D eigenvalue weighted by Crippen LogP contribution is -2.16. The van der Waals surface area contributed by atoms with Crippen LogP contribution in [0.3, 0.4) is 0 Å². The summed E-state index contributed by atoms with van der Waals surface area (Å²) in [6.45, 7) is 1.83. The van der Waals surface area contributed by atoms with Gasteiger partial charge in [-0.3, -0.25) is 4.79 Å². The standard InChI is InChI=1S/C18H11BrF3N5O2/c1-9-7-10(4-5-11(9)19)23-16(28)15-25-17-24-12(13-3-2-6-29-13)8-14(18(20,21)22)27(17)26-15/h2-8H,1H3,(H,23,28). The minimum atomic E-state index is -4.74. The Labute approximate surface area is 169 Å². The van der Waals surface area contributed by atoms with Crippen LogP contribution in [-0.4, -0.2) is 25.5 Å². The minimum absolute atomic E-state index is 0.0716. The molecule has 0 radical (unpaired) electrons. The van der Waals surface area contributed by atoms with E-state index in [1.54, 1.807) is 18.2 Å². The summed E-state index contributed by atoms with van der Waals surface area (Å²) < 4.78 is 47.0. The largest absolute Gasteiger partial charge is 0.463 e. The highest BCUT2D eigenvalue weighted by Gasteiger charge is 2.36. The third-order valence-corrected chi connectivity index (χ3v) is 4.88. The Kier molecular flexibility index (Phi) is 4.61. The molecular formula is C18H11BrF3N5O2. The first-order valence-corrected chi connectivity index (χ1v) is 8.98. The molecule has 1 N–H and O–H groups in total. The fourth-order valence-electron chi connectivity index (χ4n) is 2.63. The van der Waals surface area contributed by atoms with E-state index >= 15 is 0 Å². The number of carbonyl (C=O) groups excluding carboxylic acids is 1. The first-order chi connectivity index (χ1) is 13.7. The second kappa shape index (κ2) is 6.99. The van der Waals surface area contributed by atoms with Gasteiger partial charge in [-0.25, -0.2) is 4.98 Å². The number of hydrogen-bond acceptors (Lipinski definition) is 5. The van der Waals surface area contributed by atoms with E-state index in [-0.39, 0.29) is 17.2 Å². The van der Waals surface area contributed by atoms with Gasteiger partial charge in [0.2, 0.25) is 5.82 Å². The van der Waals surface area contributed by atoms with Gasteiger partial charge in [-0.15, -0.1) is 5.10 Å². The summed E-state index contributed by atoms with van der Waals surface area (Å²) in [6.07, 6.45) is -3.43. The van der Waals surface area contributed by atoms with Crippen molar-refractivity contribution >= 4 is 33.3 Å². The van der Waals surface area contributed by atoms with Gasteiger partial charge in [0.25, 0.3) is 11.7 Å². The molecule has 0 saturated carbocycles. The van der Waals surface area contributed by atoms with E-state index in [1.807, 2.05) is 6.92 Å². The molecule has 0 aliphatic rings. The lowest BCUT2D eigenvalue weighted by Gasteiger charge is -2.09. The van der Waals surface area contributed by atoms with Crippen LogP contribution in [0.4, 0.5) is 18.9 Å². The van der Waals surface area contributed by atoms with Crippen LogP contribution in [0.1, 0.15) is 21.9 Å². The molecule has 3 aromatic heterocycles. The predicted molar refractivity (Wildman–Crippen MR) is 100 cm³/mol. The molecule has 0 aliphatic heterocycles. The fourth-order valence-corrected chi connectivity index (χ4v) is 2.87. The number of nitrogens with one attached hydrogen (secondary N) is 1. The quantitative estimate of drug-likeness (QED) is 0.472. The van der Waals surface area contributed by atoms with Crippen molar-refractivity contribution in [3.63, 3.8) is 0 Å². The molecule has 11 heteroatoms. The maximum Gasteiger partial charge on any atom is 0.433 e. The summed E-state index contributed by atoms with van der Waals surface area (Å²) in [5.74, 6) is -1.44. The SMILES string of the molecule is Cc1cc(NC(=O)c2nc3nc(-c4ccco4)cc(C(F)(F)F)n3n2)ccc1Br. The molecule has 29 heavy (non-hydrogen) atoms. The first-order valence-electron chi connectivity index (χ1n) is 8.19. The van der Waals surface area contributed by atoms with Crippen LogP contribution in [0.2, 0.25) is 0 Å². The molecule has 148 valence electrons. The number of carbonyl (C=O) groups is 1. The highest BCUT2D eigenvalue weighted by molar-refractivity contribution is 9.10. The van der Waals surface area contributed by atoms with E-state index in [1.165, 1.54) is 18.4 Å². The molecule has 0 fully saturated rings. The summed E-state index contributed by atoms with van der Waals surface area (Å²) in [6, 6.07) is 8.86. The number of fused-ring (bicyclic) bond motifs is 1. The topological polar surface area (TPSA) is 85.3 Å². The molecule has 1 amide bonds. The van der Waals surface area contributed by atoms with Gasteiger partial charge in [0, 0.05) is 10.2 Å². The summed E-state index contributed by atoms with van der Waals surface area (Å²) in [5, 5.41) is 6.27. The Morgan fingerprint density at radius 2 is 2.00 bits per heavy atom. The number of anilines is 1. The van der Waals surface area contributed by atoms with Crippen molar-refractivity contribution in [3.05, 3.63) is 64.2 Å². The van der Waals surface area contributed by atoms with E-state index in [0.717, 1.165) is 16.1 Å². The number of aromatic nitrogens is 4. The van der Waals surface area contributed by atoms with Crippen LogP contribution in [-0.2, 0) is 6.18 Å². The molecule has 0 bridgehead atoms. The minimum Gasteiger partial charge on any atom is -0.463 e. The zero-order valence-corrected chi connectivity index (χ0v) is 16.2. The van der Waals surface area contributed by atoms with Crippen molar-refractivity contribution in [3.8, 4) is 11.5 Å². The number of hydrogen-bond donors (Lipinski definition) is 1. The third-order valence-electron chi connectivity index (χ3n) is 4.00. The molecule has 4 aromatic rings. The summed E-state index contributed by atoms with van der Waals surface area (Å²) in [7, 11) is 0. The van der Waals surface area contributed by atoms with E-state index in [2.05, 4.69) is 36.3 Å². The summed E-state index contributed by atoms with van der Waals surface area (Å²) in [5.41, 5.74) is 0.127. The van der Waals surface area contributed by atoms with Crippen molar-refractivity contribution in [1.82, 2.24) is 19.6 Å². The second-order valence-electron chi connectivity index (χ2n) is 6.07. The van der Waals surface area contributed by atoms with E-state index < -0.39 is 23.6 Å². The van der Waals surface area contributed by atoms with Gasteiger partial charge in [-0.1, -0.05) is 15.9 Å². The van der Waals surface area contributed by atoms with Crippen molar-refractivity contribution in [2.24, 2.45) is 0 Å². The van der Waals surface area contributed by atoms with Gasteiger partial charge in [0.05, 0.1) is 6.26 Å². The van der Waals surface area contributed by atoms with Crippen molar-refractivity contribution in [2.75, 3.05) is 5.32 Å². The highest BCUT2D eigenvalue weighted by Crippen LogP contribution is 2.32. The molecule has 4 rings (SSSR count). The Morgan fingerprint density at radius 3 is 2.66 bits per heavy atom. The maximum absolute atomic E-state index is 13.5. The second-order valence-corrected chi connectivity index (χ2v) is 6.92. The lowest BCUT2D eigenvalue weighted by atomic mass is 10.2. The molecular weight excluding hydrogens is 455 g/mol. The van der Waals surface area contributed by atoms with Crippen LogP contribution >= 0.6 is 15.9 Å². The van der Waals surface area contributed by atoms with Crippen molar-refractivity contribution in [2.45, 2.75) is 13.1 Å². The van der Waals surface area contributed by atoms with Crippen LogP contribution in [0, 0.1) is 6.92 Å². The van der Waals surface area contributed by atoms with Crippen molar-refractivity contribution < 1.29 is 22.4 Å². The number of halogens is 4. The van der Waals surface area contributed by atoms with Crippen LogP contribution in [0.15, 0.2) is 51.6 Å². The van der Waals surface area contributed by atoms with E-state index in [4.69, 9.17) is 4.42 Å². The molecule has 0 saturated heterocycles. The Hall–Kier alpha value is -3.21. The van der Waals surface area contributed by atoms with Gasteiger partial charge < -0.3 is 9.73 Å². The number of rotatable bonds is 3. The Morgan fingerprint density at radius 1 is 1.21 bits per heavy atom. The number of aryl methyl sites for hydroxylation is 1. The predicted octanol–water partition coefficient (Wildman–Crippen LogP) is 4.73. The molecule has 0 aliphatic carbocycles. The third kappa shape index (κ3) is 3.73. The van der Waals surface area contributed by atoms with Crippen LogP contribution < -0.4 is 5.32 Å². The number of alkyl halides is 3. The van der Waals surface area contributed by atoms with Gasteiger partial charge in [-0.2, -0.15) is 22.7 Å². The average Bonchev–Trinajstić information content (AvgIpc) is 3.32. The first kappa shape index (κ1) is 19.1. The molecule has 3 heterocycles.